The van der Waals surface area contributed by atoms with Gasteiger partial charge in [0.15, 0.2) is 5.11 Å². The SMILES string of the molecule is CCCCNC(=S)NCCN(C)C(C)C. The van der Waals surface area contributed by atoms with Gasteiger partial charge in [0.05, 0.1) is 0 Å². The molecule has 0 unspecified atom stereocenters. The van der Waals surface area contributed by atoms with E-state index in [0.717, 1.165) is 24.7 Å². The number of thiocarbonyl (C=S) groups is 1. The molecule has 0 bridgehead atoms. The highest BCUT2D eigenvalue weighted by molar-refractivity contribution is 7.80. The number of rotatable bonds is 7. The molecule has 0 rings (SSSR count). The van der Waals surface area contributed by atoms with E-state index in [0.29, 0.717) is 6.04 Å². The molecule has 0 aromatic heterocycles. The molecule has 0 spiro atoms. The first-order valence-corrected chi connectivity index (χ1v) is 6.20. The van der Waals surface area contributed by atoms with Gasteiger partial charge in [-0.1, -0.05) is 13.3 Å². The predicted octanol–water partition coefficient (Wildman–Crippen LogP) is 1.59. The number of nitrogens with one attached hydrogen (secondary N) is 2. The zero-order valence-corrected chi connectivity index (χ0v) is 11.3. The van der Waals surface area contributed by atoms with Crippen LogP contribution in [0.2, 0.25) is 0 Å². The lowest BCUT2D eigenvalue weighted by Crippen LogP contribution is -2.41. The van der Waals surface area contributed by atoms with Gasteiger partial charge < -0.3 is 15.5 Å². The standard InChI is InChI=1S/C11H25N3S/c1-5-6-7-12-11(15)13-8-9-14(4)10(2)3/h10H,5-9H2,1-4H3,(H2,12,13,15). The second-order valence-electron chi connectivity index (χ2n) is 4.11. The van der Waals surface area contributed by atoms with Crippen molar-refractivity contribution in [1.82, 2.24) is 15.5 Å². The van der Waals surface area contributed by atoms with E-state index in [-0.39, 0.29) is 0 Å². The molecule has 0 heterocycles. The molecule has 90 valence electrons. The first-order valence-electron chi connectivity index (χ1n) is 5.79. The maximum absolute atomic E-state index is 5.14. The Bertz CT molecular complexity index is 171. The molecule has 0 saturated heterocycles. The van der Waals surface area contributed by atoms with Gasteiger partial charge in [0, 0.05) is 25.7 Å². The second-order valence-corrected chi connectivity index (χ2v) is 4.52. The second kappa shape index (κ2) is 8.92. The summed E-state index contributed by atoms with van der Waals surface area (Å²) in [5, 5.41) is 7.17. The molecule has 0 amide bonds. The number of unbranched alkanes of at least 4 members (excludes halogenated alkanes) is 1. The quantitative estimate of drug-likeness (QED) is 0.514. The third-order valence-electron chi connectivity index (χ3n) is 2.45. The molecule has 0 atom stereocenters. The summed E-state index contributed by atoms with van der Waals surface area (Å²) in [4.78, 5) is 2.29. The molecule has 0 radical (unpaired) electrons. The van der Waals surface area contributed by atoms with Gasteiger partial charge in [-0.2, -0.15) is 0 Å². The van der Waals surface area contributed by atoms with Gasteiger partial charge in [-0.05, 0) is 39.5 Å². The highest BCUT2D eigenvalue weighted by Gasteiger charge is 2.02. The molecule has 0 aromatic carbocycles. The van der Waals surface area contributed by atoms with E-state index >= 15 is 0 Å². The minimum atomic E-state index is 0.591. The van der Waals surface area contributed by atoms with E-state index in [4.69, 9.17) is 12.2 Å². The van der Waals surface area contributed by atoms with Crippen LogP contribution in [-0.4, -0.2) is 42.7 Å². The van der Waals surface area contributed by atoms with E-state index in [1.807, 2.05) is 0 Å². The van der Waals surface area contributed by atoms with Crippen molar-refractivity contribution < 1.29 is 0 Å². The van der Waals surface area contributed by atoms with Crippen molar-refractivity contribution in [2.24, 2.45) is 0 Å². The maximum atomic E-state index is 5.14. The lowest BCUT2D eigenvalue weighted by atomic mass is 10.3. The molecule has 15 heavy (non-hydrogen) atoms. The zero-order valence-electron chi connectivity index (χ0n) is 10.5. The Hall–Kier alpha value is -0.350. The fourth-order valence-electron chi connectivity index (χ4n) is 1.05. The number of hydrogen-bond donors (Lipinski definition) is 2. The van der Waals surface area contributed by atoms with Crippen LogP contribution in [0.25, 0.3) is 0 Å². The summed E-state index contributed by atoms with van der Waals surface area (Å²) < 4.78 is 0. The summed E-state index contributed by atoms with van der Waals surface area (Å²) in [5.74, 6) is 0. The van der Waals surface area contributed by atoms with Crippen LogP contribution in [0, 0.1) is 0 Å². The minimum Gasteiger partial charge on any atom is -0.363 e. The highest BCUT2D eigenvalue weighted by atomic mass is 32.1. The first kappa shape index (κ1) is 14.6. The third-order valence-corrected chi connectivity index (χ3v) is 2.74. The van der Waals surface area contributed by atoms with Gasteiger partial charge in [-0.3, -0.25) is 0 Å². The van der Waals surface area contributed by atoms with Gasteiger partial charge in [0.25, 0.3) is 0 Å². The zero-order chi connectivity index (χ0) is 11.7. The largest absolute Gasteiger partial charge is 0.363 e. The smallest absolute Gasteiger partial charge is 0.166 e. The van der Waals surface area contributed by atoms with E-state index < -0.39 is 0 Å². The molecule has 0 saturated carbocycles. The Morgan fingerprint density at radius 3 is 2.40 bits per heavy atom. The van der Waals surface area contributed by atoms with Crippen molar-refractivity contribution in [3.05, 3.63) is 0 Å². The van der Waals surface area contributed by atoms with Crippen molar-refractivity contribution in [2.45, 2.75) is 39.7 Å². The molecule has 0 aromatic rings. The molecule has 4 heteroatoms. The van der Waals surface area contributed by atoms with Crippen LogP contribution in [0.1, 0.15) is 33.6 Å². The van der Waals surface area contributed by atoms with Crippen LogP contribution < -0.4 is 10.6 Å². The van der Waals surface area contributed by atoms with Gasteiger partial charge in [-0.15, -0.1) is 0 Å². The molecule has 0 aliphatic carbocycles. The van der Waals surface area contributed by atoms with Crippen molar-refractivity contribution in [2.75, 3.05) is 26.7 Å². The van der Waals surface area contributed by atoms with Crippen LogP contribution in [0.5, 0.6) is 0 Å². The molecular weight excluding hydrogens is 206 g/mol. The maximum Gasteiger partial charge on any atom is 0.166 e. The van der Waals surface area contributed by atoms with Crippen LogP contribution in [0.4, 0.5) is 0 Å². The Morgan fingerprint density at radius 1 is 1.27 bits per heavy atom. The lowest BCUT2D eigenvalue weighted by molar-refractivity contribution is 0.278. The topological polar surface area (TPSA) is 27.3 Å². The average molecular weight is 231 g/mol. The van der Waals surface area contributed by atoms with E-state index in [2.05, 4.69) is 43.4 Å². The number of hydrogen-bond acceptors (Lipinski definition) is 2. The van der Waals surface area contributed by atoms with E-state index in [9.17, 15) is 0 Å². The summed E-state index contributed by atoms with van der Waals surface area (Å²) in [6.45, 7) is 9.47. The van der Waals surface area contributed by atoms with Crippen molar-refractivity contribution in [3.63, 3.8) is 0 Å². The van der Waals surface area contributed by atoms with Crippen LogP contribution in [0.3, 0.4) is 0 Å². The Kier molecular flexibility index (Phi) is 8.71. The van der Waals surface area contributed by atoms with Crippen LogP contribution in [-0.2, 0) is 0 Å². The summed E-state index contributed by atoms with van der Waals surface area (Å²) in [7, 11) is 2.12. The van der Waals surface area contributed by atoms with Crippen molar-refractivity contribution >= 4 is 17.3 Å². The monoisotopic (exact) mass is 231 g/mol. The molecular formula is C11H25N3S. The summed E-state index contributed by atoms with van der Waals surface area (Å²) in [6, 6.07) is 0.591. The molecule has 3 nitrogen and oxygen atoms in total. The Morgan fingerprint density at radius 2 is 1.87 bits per heavy atom. The van der Waals surface area contributed by atoms with Gasteiger partial charge >= 0.3 is 0 Å². The molecule has 0 fully saturated rings. The molecule has 0 aliphatic rings. The van der Waals surface area contributed by atoms with Gasteiger partial charge in [0.1, 0.15) is 0 Å². The fourth-order valence-corrected chi connectivity index (χ4v) is 1.25. The lowest BCUT2D eigenvalue weighted by Gasteiger charge is -2.21. The van der Waals surface area contributed by atoms with E-state index in [1.165, 1.54) is 12.8 Å². The predicted molar refractivity (Wildman–Crippen MR) is 71.3 cm³/mol. The number of likely N-dealkylation sites (N-methyl/N-ethyl adjacent to an activating group) is 1. The van der Waals surface area contributed by atoms with Gasteiger partial charge in [-0.25, -0.2) is 0 Å². The highest BCUT2D eigenvalue weighted by Crippen LogP contribution is 1.90. The first-order chi connectivity index (χ1) is 7.07. The van der Waals surface area contributed by atoms with Crippen molar-refractivity contribution in [3.8, 4) is 0 Å². The van der Waals surface area contributed by atoms with E-state index in [1.54, 1.807) is 0 Å². The summed E-state index contributed by atoms with van der Waals surface area (Å²) in [5.41, 5.74) is 0. The molecule has 0 aliphatic heterocycles. The minimum absolute atomic E-state index is 0.591. The fraction of sp³-hybridized carbons (Fsp3) is 0.909. The van der Waals surface area contributed by atoms with Gasteiger partial charge in [0.2, 0.25) is 0 Å². The Balaban J connectivity index is 3.38. The third kappa shape index (κ3) is 8.63. The van der Waals surface area contributed by atoms with Crippen LogP contribution in [0.15, 0.2) is 0 Å². The summed E-state index contributed by atoms with van der Waals surface area (Å²) >= 11 is 5.14. The van der Waals surface area contributed by atoms with Crippen molar-refractivity contribution in [1.29, 1.82) is 0 Å². The number of nitrogens with zero attached hydrogens (tertiary/aromatic N) is 1. The molecule has 2 N–H and O–H groups in total. The van der Waals surface area contributed by atoms with Crippen LogP contribution >= 0.6 is 12.2 Å². The normalized spacial score (nSPS) is 10.8. The average Bonchev–Trinajstić information content (AvgIpc) is 2.18. The summed E-state index contributed by atoms with van der Waals surface area (Å²) in [6.07, 6.45) is 2.37. The Labute approximate surface area is 99.6 Å².